The molecule has 3 N–H and O–H groups in total. The van der Waals surface area contributed by atoms with Crippen LogP contribution in [0.5, 0.6) is 0 Å². The Balaban J connectivity index is 2.34. The minimum atomic E-state index is -0.103. The Morgan fingerprint density at radius 2 is 2.00 bits per heavy atom. The van der Waals surface area contributed by atoms with E-state index in [1.54, 1.807) is 0 Å². The summed E-state index contributed by atoms with van der Waals surface area (Å²) in [4.78, 5) is 13.2. The number of carbonyl (C=O) groups excluding carboxylic acids is 1. The van der Waals surface area contributed by atoms with Crippen molar-refractivity contribution in [2.75, 3.05) is 13.6 Å². The Labute approximate surface area is 119 Å². The zero-order valence-electron chi connectivity index (χ0n) is 11.5. The van der Waals surface area contributed by atoms with Gasteiger partial charge in [0.1, 0.15) is 0 Å². The van der Waals surface area contributed by atoms with Crippen molar-refractivity contribution in [2.45, 2.75) is 32.2 Å². The van der Waals surface area contributed by atoms with E-state index in [1.165, 1.54) is 5.56 Å². The molecule has 19 heavy (non-hydrogen) atoms. The molecule has 0 spiro atoms. The molecule has 1 aromatic rings. The molecule has 0 aliphatic rings. The molecule has 1 aromatic carbocycles. The molecule has 0 saturated heterocycles. The van der Waals surface area contributed by atoms with E-state index in [0.717, 1.165) is 24.4 Å². The second-order valence-corrected chi connectivity index (χ2v) is 5.17. The summed E-state index contributed by atoms with van der Waals surface area (Å²) >= 11 is 5.88. The van der Waals surface area contributed by atoms with Gasteiger partial charge in [-0.05, 0) is 51.1 Å². The van der Waals surface area contributed by atoms with Gasteiger partial charge < -0.3 is 0 Å². The Kier molecular flexibility index (Phi) is 6.84. The van der Waals surface area contributed by atoms with Crippen LogP contribution in [0.25, 0.3) is 0 Å². The number of nitrogens with zero attached hydrogens (tertiary/aromatic N) is 1. The van der Waals surface area contributed by atoms with Crippen LogP contribution >= 0.6 is 11.6 Å². The fraction of sp³-hybridized carbons (Fsp3) is 0.500. The minimum absolute atomic E-state index is 0.103. The quantitative estimate of drug-likeness (QED) is 0.350. The van der Waals surface area contributed by atoms with E-state index >= 15 is 0 Å². The number of hydrogen-bond acceptors (Lipinski definition) is 3. The van der Waals surface area contributed by atoms with Gasteiger partial charge in [0.05, 0.1) is 0 Å². The van der Waals surface area contributed by atoms with E-state index in [0.29, 0.717) is 12.5 Å². The number of hydrogen-bond donors (Lipinski definition) is 2. The summed E-state index contributed by atoms with van der Waals surface area (Å²) in [6.07, 6.45) is 2.31. The van der Waals surface area contributed by atoms with Crippen LogP contribution in [0.3, 0.4) is 0 Å². The molecule has 5 heteroatoms. The molecule has 1 rings (SSSR count). The molecule has 1 unspecified atom stereocenters. The molecule has 0 aliphatic heterocycles. The zero-order valence-corrected chi connectivity index (χ0v) is 12.3. The number of unbranched alkanes of at least 4 members (excludes halogenated alkanes) is 1. The van der Waals surface area contributed by atoms with Crippen LogP contribution in [0.15, 0.2) is 24.3 Å². The van der Waals surface area contributed by atoms with Crippen LogP contribution in [-0.4, -0.2) is 24.4 Å². The highest BCUT2D eigenvalue weighted by Crippen LogP contribution is 2.21. The molecule has 0 aliphatic carbocycles. The highest BCUT2D eigenvalue weighted by atomic mass is 35.5. The smallest absolute Gasteiger partial charge is 0.233 e. The first kappa shape index (κ1) is 16.0. The van der Waals surface area contributed by atoms with E-state index in [4.69, 9.17) is 17.4 Å². The largest absolute Gasteiger partial charge is 0.300 e. The van der Waals surface area contributed by atoms with Crippen molar-refractivity contribution in [1.82, 2.24) is 10.3 Å². The lowest BCUT2D eigenvalue weighted by Gasteiger charge is -2.25. The van der Waals surface area contributed by atoms with E-state index in [2.05, 4.69) is 24.3 Å². The average molecular weight is 284 g/mol. The summed E-state index contributed by atoms with van der Waals surface area (Å²) in [5.74, 6) is 4.93. The maximum atomic E-state index is 11.0. The molecular formula is C14H22ClN3O. The molecule has 0 fully saturated rings. The summed E-state index contributed by atoms with van der Waals surface area (Å²) < 4.78 is 0. The van der Waals surface area contributed by atoms with E-state index in [1.807, 2.05) is 24.3 Å². The highest BCUT2D eigenvalue weighted by Gasteiger charge is 2.11. The molecule has 1 atom stereocenters. The van der Waals surface area contributed by atoms with Crippen molar-refractivity contribution in [2.24, 2.45) is 5.84 Å². The Hall–Kier alpha value is -1.10. The number of rotatable bonds is 7. The summed E-state index contributed by atoms with van der Waals surface area (Å²) in [6.45, 7) is 3.11. The lowest BCUT2D eigenvalue weighted by Crippen LogP contribution is -2.30. The zero-order chi connectivity index (χ0) is 14.3. The van der Waals surface area contributed by atoms with Crippen LogP contribution in [0, 0.1) is 0 Å². The average Bonchev–Trinajstić information content (AvgIpc) is 2.43. The van der Waals surface area contributed by atoms with Crippen molar-refractivity contribution in [3.05, 3.63) is 34.9 Å². The SMILES string of the molecule is CC(c1ccc(Cl)cc1)N(C)CCCCC(=O)NN. The van der Waals surface area contributed by atoms with E-state index in [-0.39, 0.29) is 5.91 Å². The molecule has 0 aromatic heterocycles. The van der Waals surface area contributed by atoms with Crippen LogP contribution < -0.4 is 11.3 Å². The lowest BCUT2D eigenvalue weighted by atomic mass is 10.1. The number of nitrogens with two attached hydrogens (primary N) is 1. The third kappa shape index (κ3) is 5.59. The maximum Gasteiger partial charge on any atom is 0.233 e. The van der Waals surface area contributed by atoms with Gasteiger partial charge in [-0.15, -0.1) is 0 Å². The molecular weight excluding hydrogens is 262 g/mol. The Morgan fingerprint density at radius 1 is 1.37 bits per heavy atom. The van der Waals surface area contributed by atoms with Crippen LogP contribution in [0.1, 0.15) is 37.8 Å². The van der Waals surface area contributed by atoms with Crippen LogP contribution in [-0.2, 0) is 4.79 Å². The van der Waals surface area contributed by atoms with Gasteiger partial charge in [0.25, 0.3) is 0 Å². The molecule has 0 heterocycles. The number of amides is 1. The second kappa shape index (κ2) is 8.15. The fourth-order valence-corrected chi connectivity index (χ4v) is 2.03. The van der Waals surface area contributed by atoms with Crippen molar-refractivity contribution in [1.29, 1.82) is 0 Å². The third-order valence-corrected chi connectivity index (χ3v) is 3.59. The predicted molar refractivity (Wildman–Crippen MR) is 78.7 cm³/mol. The Morgan fingerprint density at radius 3 is 2.58 bits per heavy atom. The van der Waals surface area contributed by atoms with Gasteiger partial charge in [0.15, 0.2) is 0 Å². The standard InChI is InChI=1S/C14H22ClN3O/c1-11(12-6-8-13(15)9-7-12)18(2)10-4-3-5-14(19)17-16/h6-9,11H,3-5,10,16H2,1-2H3,(H,17,19). The van der Waals surface area contributed by atoms with E-state index < -0.39 is 0 Å². The molecule has 4 nitrogen and oxygen atoms in total. The van der Waals surface area contributed by atoms with Gasteiger partial charge in [-0.3, -0.25) is 15.1 Å². The predicted octanol–water partition coefficient (Wildman–Crippen LogP) is 2.49. The lowest BCUT2D eigenvalue weighted by molar-refractivity contribution is -0.121. The topological polar surface area (TPSA) is 58.4 Å². The summed E-state index contributed by atoms with van der Waals surface area (Å²) in [6, 6.07) is 8.25. The van der Waals surface area contributed by atoms with Crippen molar-refractivity contribution in [3.8, 4) is 0 Å². The third-order valence-electron chi connectivity index (χ3n) is 3.34. The first-order valence-electron chi connectivity index (χ1n) is 6.49. The number of halogens is 1. The fourth-order valence-electron chi connectivity index (χ4n) is 1.91. The monoisotopic (exact) mass is 283 g/mol. The van der Waals surface area contributed by atoms with Crippen molar-refractivity contribution < 1.29 is 4.79 Å². The van der Waals surface area contributed by atoms with Gasteiger partial charge in [-0.25, -0.2) is 5.84 Å². The maximum absolute atomic E-state index is 11.0. The number of benzene rings is 1. The van der Waals surface area contributed by atoms with E-state index in [9.17, 15) is 4.79 Å². The van der Waals surface area contributed by atoms with Gasteiger partial charge in [0.2, 0.25) is 5.91 Å². The number of carbonyl (C=O) groups is 1. The molecule has 0 bridgehead atoms. The first-order valence-corrected chi connectivity index (χ1v) is 6.87. The molecule has 106 valence electrons. The van der Waals surface area contributed by atoms with Gasteiger partial charge in [-0.2, -0.15) is 0 Å². The molecule has 1 amide bonds. The summed E-state index contributed by atoms with van der Waals surface area (Å²) in [5, 5.41) is 0.756. The number of nitrogens with one attached hydrogen (secondary N) is 1. The second-order valence-electron chi connectivity index (χ2n) is 4.73. The van der Waals surface area contributed by atoms with Gasteiger partial charge in [0, 0.05) is 17.5 Å². The number of hydrazine groups is 1. The van der Waals surface area contributed by atoms with Gasteiger partial charge in [-0.1, -0.05) is 23.7 Å². The van der Waals surface area contributed by atoms with Gasteiger partial charge >= 0.3 is 0 Å². The molecule has 0 saturated carbocycles. The normalized spacial score (nSPS) is 12.5. The van der Waals surface area contributed by atoms with Crippen LogP contribution in [0.4, 0.5) is 0 Å². The van der Waals surface area contributed by atoms with Crippen molar-refractivity contribution in [3.63, 3.8) is 0 Å². The highest BCUT2D eigenvalue weighted by molar-refractivity contribution is 6.30. The molecule has 0 radical (unpaired) electrons. The Bertz CT molecular complexity index is 394. The first-order chi connectivity index (χ1) is 9.04. The summed E-state index contributed by atoms with van der Waals surface area (Å²) in [7, 11) is 2.09. The minimum Gasteiger partial charge on any atom is -0.300 e. The van der Waals surface area contributed by atoms with Crippen LogP contribution in [0.2, 0.25) is 5.02 Å². The summed E-state index contributed by atoms with van der Waals surface area (Å²) in [5.41, 5.74) is 3.38. The van der Waals surface area contributed by atoms with Crippen molar-refractivity contribution >= 4 is 17.5 Å².